The van der Waals surface area contributed by atoms with Crippen molar-refractivity contribution in [2.75, 3.05) is 10.6 Å². The number of nitrogens with one attached hydrogen (secondary N) is 2. The van der Waals surface area contributed by atoms with Crippen LogP contribution >= 0.6 is 0 Å². The van der Waals surface area contributed by atoms with Gasteiger partial charge >= 0.3 is 19.0 Å². The fraction of sp³-hybridized carbons (Fsp3) is 0.133. The number of anilines is 2. The number of urea groups is 1. The van der Waals surface area contributed by atoms with Crippen molar-refractivity contribution in [2.45, 2.75) is 13.0 Å². The molecule has 2 aromatic carbocycles. The van der Waals surface area contributed by atoms with E-state index in [1.807, 2.05) is 0 Å². The van der Waals surface area contributed by atoms with Crippen LogP contribution in [0.2, 0.25) is 0 Å². The molecule has 0 saturated heterocycles. The lowest BCUT2D eigenvalue weighted by atomic mass is 10.3. The van der Waals surface area contributed by atoms with Gasteiger partial charge in [0, 0.05) is 11.4 Å². The summed E-state index contributed by atoms with van der Waals surface area (Å²) in [4.78, 5) is 11.8. The van der Waals surface area contributed by atoms with E-state index in [0.29, 0.717) is 5.69 Å². The van der Waals surface area contributed by atoms with Gasteiger partial charge in [-0.3, -0.25) is 0 Å². The van der Waals surface area contributed by atoms with Gasteiger partial charge in [-0.1, -0.05) is 0 Å². The minimum absolute atomic E-state index is 0.0683. The topological polar surface area (TPSA) is 59.6 Å². The van der Waals surface area contributed by atoms with Crippen molar-refractivity contribution in [1.29, 1.82) is 0 Å². The molecule has 0 unspecified atom stereocenters. The molecule has 0 bridgehead atoms. The Kier molecular flexibility index (Phi) is 5.63. The monoisotopic (exact) mass is 362 g/mol. The van der Waals surface area contributed by atoms with Crippen LogP contribution < -0.4 is 20.1 Å². The highest BCUT2D eigenvalue weighted by atomic mass is 19.4. The van der Waals surface area contributed by atoms with Crippen LogP contribution in [-0.4, -0.2) is 19.0 Å². The Bertz CT molecular complexity index is 703. The van der Waals surface area contributed by atoms with Crippen molar-refractivity contribution in [3.05, 3.63) is 48.5 Å². The minimum atomic E-state index is -4.80. The highest BCUT2D eigenvalue weighted by Crippen LogP contribution is 2.24. The number of amides is 2. The van der Waals surface area contributed by atoms with E-state index in [-0.39, 0.29) is 11.4 Å². The van der Waals surface area contributed by atoms with Gasteiger partial charge in [0.1, 0.15) is 11.5 Å². The second-order valence-corrected chi connectivity index (χ2v) is 4.55. The number of hydrogen-bond acceptors (Lipinski definition) is 3. The summed E-state index contributed by atoms with van der Waals surface area (Å²) in [6.45, 7) is -2.95. The molecular formula is C15H11F5N2O3. The molecule has 0 saturated carbocycles. The number of hydrogen-bond donors (Lipinski definition) is 2. The Balaban J connectivity index is 1.89. The van der Waals surface area contributed by atoms with Crippen molar-refractivity contribution in [3.63, 3.8) is 0 Å². The van der Waals surface area contributed by atoms with E-state index in [0.717, 1.165) is 12.1 Å². The third-order valence-corrected chi connectivity index (χ3v) is 2.68. The molecule has 0 aromatic heterocycles. The lowest BCUT2D eigenvalue weighted by molar-refractivity contribution is -0.274. The summed E-state index contributed by atoms with van der Waals surface area (Å²) in [7, 11) is 0. The molecule has 0 heterocycles. The molecule has 2 rings (SSSR count). The maximum Gasteiger partial charge on any atom is 0.573 e. The summed E-state index contributed by atoms with van der Waals surface area (Å²) in [5.41, 5.74) is 0.529. The van der Waals surface area contributed by atoms with Gasteiger partial charge in [0.2, 0.25) is 0 Å². The molecule has 25 heavy (non-hydrogen) atoms. The van der Waals surface area contributed by atoms with E-state index < -0.39 is 24.8 Å². The normalized spacial score (nSPS) is 11.1. The third-order valence-electron chi connectivity index (χ3n) is 2.68. The molecule has 0 aliphatic rings. The highest BCUT2D eigenvalue weighted by molar-refractivity contribution is 5.99. The van der Waals surface area contributed by atoms with Gasteiger partial charge in [-0.15, -0.1) is 13.2 Å². The third kappa shape index (κ3) is 6.53. The first-order valence-electron chi connectivity index (χ1n) is 6.70. The van der Waals surface area contributed by atoms with Gasteiger partial charge < -0.3 is 20.1 Å². The summed E-state index contributed by atoms with van der Waals surface area (Å²) in [5, 5.41) is 4.81. The zero-order chi connectivity index (χ0) is 18.4. The van der Waals surface area contributed by atoms with Crippen LogP contribution in [0, 0.1) is 0 Å². The van der Waals surface area contributed by atoms with Gasteiger partial charge in [0.25, 0.3) is 0 Å². The molecule has 134 valence electrons. The van der Waals surface area contributed by atoms with Crippen LogP contribution in [0.5, 0.6) is 11.5 Å². The quantitative estimate of drug-likeness (QED) is 0.749. The molecule has 2 amide bonds. The minimum Gasteiger partial charge on any atom is -0.435 e. The van der Waals surface area contributed by atoms with Crippen LogP contribution in [0.25, 0.3) is 0 Å². The second kappa shape index (κ2) is 7.69. The van der Waals surface area contributed by atoms with E-state index >= 15 is 0 Å². The average Bonchev–Trinajstić information content (AvgIpc) is 2.49. The van der Waals surface area contributed by atoms with Crippen molar-refractivity contribution >= 4 is 17.4 Å². The van der Waals surface area contributed by atoms with Crippen LogP contribution in [0.3, 0.4) is 0 Å². The lowest BCUT2D eigenvalue weighted by Gasteiger charge is -2.11. The van der Waals surface area contributed by atoms with E-state index in [2.05, 4.69) is 20.1 Å². The Hall–Kier alpha value is -3.04. The first kappa shape index (κ1) is 18.3. The second-order valence-electron chi connectivity index (χ2n) is 4.55. The highest BCUT2D eigenvalue weighted by Gasteiger charge is 2.30. The van der Waals surface area contributed by atoms with Crippen LogP contribution in [0.1, 0.15) is 0 Å². The average molecular weight is 362 g/mol. The van der Waals surface area contributed by atoms with Gasteiger partial charge in [-0.05, 0) is 48.5 Å². The van der Waals surface area contributed by atoms with Crippen LogP contribution in [-0.2, 0) is 0 Å². The van der Waals surface area contributed by atoms with E-state index in [9.17, 15) is 26.7 Å². The lowest BCUT2D eigenvalue weighted by Crippen LogP contribution is -2.19. The Labute approximate surface area is 138 Å². The number of carbonyl (C=O) groups excluding carboxylic acids is 1. The predicted molar refractivity (Wildman–Crippen MR) is 78.8 cm³/mol. The van der Waals surface area contributed by atoms with Gasteiger partial charge in [-0.25, -0.2) is 4.79 Å². The first-order chi connectivity index (χ1) is 11.7. The summed E-state index contributed by atoms with van der Waals surface area (Å²) >= 11 is 0. The summed E-state index contributed by atoms with van der Waals surface area (Å²) < 4.78 is 68.0. The molecule has 0 spiro atoms. The zero-order valence-corrected chi connectivity index (χ0v) is 12.3. The van der Waals surface area contributed by atoms with Crippen LogP contribution in [0.4, 0.5) is 38.1 Å². The van der Waals surface area contributed by atoms with Crippen LogP contribution in [0.15, 0.2) is 48.5 Å². The summed E-state index contributed by atoms with van der Waals surface area (Å²) in [6.07, 6.45) is -4.80. The van der Waals surface area contributed by atoms with Crippen molar-refractivity contribution in [3.8, 4) is 11.5 Å². The van der Waals surface area contributed by atoms with Crippen molar-refractivity contribution < 1.29 is 36.2 Å². The molecule has 0 aliphatic heterocycles. The molecule has 2 aromatic rings. The van der Waals surface area contributed by atoms with Crippen molar-refractivity contribution in [1.82, 2.24) is 0 Å². The molecular weight excluding hydrogens is 351 g/mol. The number of alkyl halides is 5. The summed E-state index contributed by atoms with van der Waals surface area (Å²) in [5.74, 6) is -0.491. The molecule has 0 aliphatic carbocycles. The maximum absolute atomic E-state index is 12.0. The largest absolute Gasteiger partial charge is 0.573 e. The predicted octanol–water partition coefficient (Wildman–Crippen LogP) is 4.83. The van der Waals surface area contributed by atoms with Gasteiger partial charge in [0.05, 0.1) is 0 Å². The first-order valence-corrected chi connectivity index (χ1v) is 6.70. The summed E-state index contributed by atoms with van der Waals surface area (Å²) in [6, 6.07) is 9.03. The molecule has 0 atom stereocenters. The van der Waals surface area contributed by atoms with E-state index in [1.165, 1.54) is 36.4 Å². The molecule has 10 heteroatoms. The molecule has 5 nitrogen and oxygen atoms in total. The smallest absolute Gasteiger partial charge is 0.435 e. The van der Waals surface area contributed by atoms with E-state index in [4.69, 9.17) is 0 Å². The Morgan fingerprint density at radius 2 is 1.28 bits per heavy atom. The number of halogens is 5. The fourth-order valence-corrected chi connectivity index (χ4v) is 1.75. The number of rotatable bonds is 5. The molecule has 0 radical (unpaired) electrons. The number of benzene rings is 2. The SMILES string of the molecule is O=C(Nc1ccc(OC(F)F)cc1)Nc1ccc(OC(F)(F)F)cc1. The molecule has 2 N–H and O–H groups in total. The zero-order valence-electron chi connectivity index (χ0n) is 12.3. The van der Waals surface area contributed by atoms with Gasteiger partial charge in [0.15, 0.2) is 0 Å². The Morgan fingerprint density at radius 1 is 0.840 bits per heavy atom. The Morgan fingerprint density at radius 3 is 1.68 bits per heavy atom. The molecule has 0 fully saturated rings. The van der Waals surface area contributed by atoms with E-state index in [1.54, 1.807) is 0 Å². The van der Waals surface area contributed by atoms with Crippen molar-refractivity contribution in [2.24, 2.45) is 0 Å². The number of ether oxygens (including phenoxy) is 2. The number of carbonyl (C=O) groups is 1. The standard InChI is InChI=1S/C15H11F5N2O3/c16-13(17)24-11-5-1-9(2-6-11)21-14(23)22-10-3-7-12(8-4-10)25-15(18,19)20/h1-8,13H,(H2,21,22,23). The fourth-order valence-electron chi connectivity index (χ4n) is 1.75. The van der Waals surface area contributed by atoms with Gasteiger partial charge in [-0.2, -0.15) is 8.78 Å². The maximum atomic E-state index is 12.0.